The topological polar surface area (TPSA) is 113 Å². The SMILES string of the molecule is COc1cc(C(=O)N[C@@H]2C[C@H]2NC(=O)C2(O)CCCCC2)ncn1. The second-order valence-corrected chi connectivity index (χ2v) is 6.43. The molecule has 0 aromatic carbocycles. The molecular weight excluding hydrogens is 312 g/mol. The Morgan fingerprint density at radius 3 is 2.62 bits per heavy atom. The zero-order chi connectivity index (χ0) is 17.2. The third kappa shape index (κ3) is 3.64. The minimum atomic E-state index is -1.25. The van der Waals surface area contributed by atoms with Crippen LogP contribution >= 0.6 is 0 Å². The molecule has 2 aliphatic rings. The molecule has 3 N–H and O–H groups in total. The zero-order valence-electron chi connectivity index (χ0n) is 13.6. The molecule has 0 aliphatic heterocycles. The molecule has 0 bridgehead atoms. The first-order chi connectivity index (χ1) is 11.5. The Labute approximate surface area is 140 Å². The first-order valence-corrected chi connectivity index (χ1v) is 8.22. The predicted octanol–water partition coefficient (Wildman–Crippen LogP) is 0.167. The van der Waals surface area contributed by atoms with E-state index in [0.29, 0.717) is 25.1 Å². The van der Waals surface area contributed by atoms with Gasteiger partial charge in [-0.25, -0.2) is 9.97 Å². The number of hydrogen-bond donors (Lipinski definition) is 3. The van der Waals surface area contributed by atoms with Gasteiger partial charge in [-0.05, 0) is 19.3 Å². The predicted molar refractivity (Wildman–Crippen MR) is 84.4 cm³/mol. The van der Waals surface area contributed by atoms with Crippen LogP contribution in [0.5, 0.6) is 5.88 Å². The van der Waals surface area contributed by atoms with Crippen molar-refractivity contribution in [1.29, 1.82) is 0 Å². The van der Waals surface area contributed by atoms with Crippen molar-refractivity contribution >= 4 is 11.8 Å². The van der Waals surface area contributed by atoms with Crippen LogP contribution in [0, 0.1) is 0 Å². The minimum absolute atomic E-state index is 0.142. The van der Waals surface area contributed by atoms with Gasteiger partial charge in [-0.15, -0.1) is 0 Å². The highest BCUT2D eigenvalue weighted by Crippen LogP contribution is 2.30. The first-order valence-electron chi connectivity index (χ1n) is 8.22. The van der Waals surface area contributed by atoms with Crippen LogP contribution in [-0.4, -0.2) is 51.7 Å². The molecular formula is C16H22N4O4. The van der Waals surface area contributed by atoms with Crippen molar-refractivity contribution in [3.8, 4) is 5.88 Å². The van der Waals surface area contributed by atoms with Crippen molar-refractivity contribution in [3.63, 3.8) is 0 Å². The van der Waals surface area contributed by atoms with Crippen LogP contribution in [0.4, 0.5) is 0 Å². The standard InChI is InChI=1S/C16H22N4O4/c1-24-13-8-12(17-9-18-13)14(21)19-10-7-11(10)20-15(22)16(23)5-3-2-4-6-16/h8-11,23H,2-7H2,1H3,(H,19,21)(H,20,22)/t10-,11-/m1/s1. The number of carbonyl (C=O) groups is 2. The van der Waals surface area contributed by atoms with E-state index >= 15 is 0 Å². The molecule has 2 saturated carbocycles. The van der Waals surface area contributed by atoms with Crippen LogP contribution in [0.2, 0.25) is 0 Å². The van der Waals surface area contributed by atoms with Crippen LogP contribution in [0.3, 0.4) is 0 Å². The Hall–Kier alpha value is -2.22. The largest absolute Gasteiger partial charge is 0.481 e. The van der Waals surface area contributed by atoms with E-state index in [9.17, 15) is 14.7 Å². The van der Waals surface area contributed by atoms with E-state index in [-0.39, 0.29) is 29.6 Å². The Kier molecular flexibility index (Phi) is 4.66. The zero-order valence-corrected chi connectivity index (χ0v) is 13.6. The number of amides is 2. The molecule has 0 radical (unpaired) electrons. The molecule has 2 fully saturated rings. The van der Waals surface area contributed by atoms with Crippen molar-refractivity contribution in [2.45, 2.75) is 56.2 Å². The van der Waals surface area contributed by atoms with E-state index in [0.717, 1.165) is 19.3 Å². The highest BCUT2D eigenvalue weighted by Gasteiger charge is 2.44. The van der Waals surface area contributed by atoms with Gasteiger partial charge in [0.25, 0.3) is 11.8 Å². The molecule has 2 atom stereocenters. The van der Waals surface area contributed by atoms with Gasteiger partial charge in [0.1, 0.15) is 17.6 Å². The summed E-state index contributed by atoms with van der Waals surface area (Å²) in [6.07, 6.45) is 5.70. The number of ether oxygens (including phenoxy) is 1. The average molecular weight is 334 g/mol. The monoisotopic (exact) mass is 334 g/mol. The maximum Gasteiger partial charge on any atom is 0.270 e. The van der Waals surface area contributed by atoms with Gasteiger partial charge in [0.15, 0.2) is 0 Å². The van der Waals surface area contributed by atoms with E-state index < -0.39 is 5.60 Å². The number of aromatic nitrogens is 2. The van der Waals surface area contributed by atoms with Crippen LogP contribution < -0.4 is 15.4 Å². The molecule has 3 rings (SSSR count). The summed E-state index contributed by atoms with van der Waals surface area (Å²) in [6.45, 7) is 0. The van der Waals surface area contributed by atoms with E-state index in [1.54, 1.807) is 0 Å². The fourth-order valence-corrected chi connectivity index (χ4v) is 3.00. The Bertz CT molecular complexity index is 630. The number of nitrogens with one attached hydrogen (secondary N) is 2. The van der Waals surface area contributed by atoms with Crippen LogP contribution in [-0.2, 0) is 4.79 Å². The van der Waals surface area contributed by atoms with Gasteiger partial charge in [0.05, 0.1) is 19.2 Å². The molecule has 1 aromatic rings. The fourth-order valence-electron chi connectivity index (χ4n) is 3.00. The van der Waals surface area contributed by atoms with Crippen LogP contribution in [0.1, 0.15) is 49.0 Å². The van der Waals surface area contributed by atoms with E-state index in [4.69, 9.17) is 4.74 Å². The van der Waals surface area contributed by atoms with Gasteiger partial charge in [0.2, 0.25) is 5.88 Å². The molecule has 0 unspecified atom stereocenters. The smallest absolute Gasteiger partial charge is 0.270 e. The number of nitrogens with zero attached hydrogens (tertiary/aromatic N) is 2. The third-order valence-corrected chi connectivity index (χ3v) is 4.61. The average Bonchev–Trinajstić information content (AvgIpc) is 3.32. The maximum absolute atomic E-state index is 12.2. The molecule has 130 valence electrons. The van der Waals surface area contributed by atoms with Gasteiger partial charge in [-0.1, -0.05) is 19.3 Å². The lowest BCUT2D eigenvalue weighted by atomic mass is 9.84. The van der Waals surface area contributed by atoms with Crippen molar-refractivity contribution < 1.29 is 19.4 Å². The van der Waals surface area contributed by atoms with Gasteiger partial charge in [-0.2, -0.15) is 0 Å². The summed E-state index contributed by atoms with van der Waals surface area (Å²) in [4.78, 5) is 32.1. The lowest BCUT2D eigenvalue weighted by molar-refractivity contribution is -0.143. The number of carbonyl (C=O) groups excluding carboxylic acids is 2. The summed E-state index contributed by atoms with van der Waals surface area (Å²) in [5, 5.41) is 16.0. The molecule has 8 heteroatoms. The molecule has 1 heterocycles. The van der Waals surface area contributed by atoms with E-state index in [1.807, 2.05) is 0 Å². The lowest BCUT2D eigenvalue weighted by Gasteiger charge is -2.30. The van der Waals surface area contributed by atoms with E-state index in [1.165, 1.54) is 19.5 Å². The summed E-state index contributed by atoms with van der Waals surface area (Å²) in [5.41, 5.74) is -1.04. The molecule has 8 nitrogen and oxygen atoms in total. The van der Waals surface area contributed by atoms with Crippen molar-refractivity contribution in [1.82, 2.24) is 20.6 Å². The number of methoxy groups -OCH3 is 1. The number of rotatable bonds is 5. The molecule has 2 aliphatic carbocycles. The Morgan fingerprint density at radius 2 is 1.92 bits per heavy atom. The van der Waals surface area contributed by atoms with Crippen molar-refractivity contribution in [2.75, 3.05) is 7.11 Å². The number of hydrogen-bond acceptors (Lipinski definition) is 6. The normalized spacial score (nSPS) is 24.8. The summed E-state index contributed by atoms with van der Waals surface area (Å²) in [6, 6.07) is 1.17. The molecule has 24 heavy (non-hydrogen) atoms. The van der Waals surface area contributed by atoms with Crippen molar-refractivity contribution in [3.05, 3.63) is 18.1 Å². The van der Waals surface area contributed by atoms with Gasteiger partial charge in [0, 0.05) is 6.07 Å². The Morgan fingerprint density at radius 1 is 1.21 bits per heavy atom. The molecule has 0 spiro atoms. The van der Waals surface area contributed by atoms with Crippen LogP contribution in [0.15, 0.2) is 12.4 Å². The van der Waals surface area contributed by atoms with Gasteiger partial charge in [-0.3, -0.25) is 9.59 Å². The summed E-state index contributed by atoms with van der Waals surface area (Å²) in [5.74, 6) is -0.350. The van der Waals surface area contributed by atoms with Gasteiger partial charge >= 0.3 is 0 Å². The molecule has 0 saturated heterocycles. The Balaban J connectivity index is 1.50. The van der Waals surface area contributed by atoms with Crippen LogP contribution in [0.25, 0.3) is 0 Å². The highest BCUT2D eigenvalue weighted by molar-refractivity contribution is 5.93. The highest BCUT2D eigenvalue weighted by atomic mass is 16.5. The second-order valence-electron chi connectivity index (χ2n) is 6.43. The summed E-state index contributed by atoms with van der Waals surface area (Å²) < 4.78 is 4.96. The molecule has 2 amide bonds. The second kappa shape index (κ2) is 6.72. The molecule has 1 aromatic heterocycles. The number of aliphatic hydroxyl groups is 1. The van der Waals surface area contributed by atoms with E-state index in [2.05, 4.69) is 20.6 Å². The summed E-state index contributed by atoms with van der Waals surface area (Å²) >= 11 is 0. The summed E-state index contributed by atoms with van der Waals surface area (Å²) in [7, 11) is 1.46. The van der Waals surface area contributed by atoms with Gasteiger partial charge < -0.3 is 20.5 Å². The third-order valence-electron chi connectivity index (χ3n) is 4.61. The fraction of sp³-hybridized carbons (Fsp3) is 0.625. The van der Waals surface area contributed by atoms with Crippen molar-refractivity contribution in [2.24, 2.45) is 0 Å². The lowest BCUT2D eigenvalue weighted by Crippen LogP contribution is -2.49. The maximum atomic E-state index is 12.2. The minimum Gasteiger partial charge on any atom is -0.481 e. The quantitative estimate of drug-likeness (QED) is 0.707. The first kappa shape index (κ1) is 16.6.